The number of benzene rings is 2. The van der Waals surface area contributed by atoms with Crippen LogP contribution in [-0.4, -0.2) is 62.9 Å². The zero-order chi connectivity index (χ0) is 21.5. The van der Waals surface area contributed by atoms with Crippen LogP contribution in [0.1, 0.15) is 24.8 Å². The van der Waals surface area contributed by atoms with Crippen LogP contribution < -0.4 is 9.47 Å². The van der Waals surface area contributed by atoms with Gasteiger partial charge >= 0.3 is 6.09 Å². The third-order valence-corrected chi connectivity index (χ3v) is 5.48. The van der Waals surface area contributed by atoms with Crippen molar-refractivity contribution in [3.63, 3.8) is 0 Å². The maximum Gasteiger partial charge on any atom is 0.410 e. The molecule has 7 nitrogen and oxygen atoms in total. The summed E-state index contributed by atoms with van der Waals surface area (Å²) in [4.78, 5) is 13.7. The molecule has 0 radical (unpaired) electrons. The first-order valence-electron chi connectivity index (χ1n) is 10.8. The van der Waals surface area contributed by atoms with Gasteiger partial charge in [-0.25, -0.2) is 4.79 Å². The highest BCUT2D eigenvalue weighted by Crippen LogP contribution is 2.29. The first-order chi connectivity index (χ1) is 15.2. The lowest BCUT2D eigenvalue weighted by atomic mass is 9.96. The predicted molar refractivity (Wildman–Crippen MR) is 114 cm³/mol. The van der Waals surface area contributed by atoms with Gasteiger partial charge in [0.1, 0.15) is 24.7 Å². The van der Waals surface area contributed by atoms with Crippen molar-refractivity contribution in [2.75, 3.05) is 39.5 Å². The standard InChI is InChI=1S/C24H29NO6/c1-2-22(23-28-14-15-29-23)18-8-10-20(11-9-18)27-13-12-25-16-21(31-24(25)26)17-30-19-6-4-3-5-7-19/h3-11,21-23H,2,12-17H2,1H3. The fourth-order valence-corrected chi connectivity index (χ4v) is 3.83. The average Bonchev–Trinajstić information content (AvgIpc) is 3.45. The molecule has 4 rings (SSSR count). The van der Waals surface area contributed by atoms with Crippen LogP contribution >= 0.6 is 0 Å². The Morgan fingerprint density at radius 1 is 1.00 bits per heavy atom. The number of ether oxygens (including phenoxy) is 5. The van der Waals surface area contributed by atoms with E-state index in [1.165, 1.54) is 5.56 Å². The van der Waals surface area contributed by atoms with Crippen LogP contribution in [0.25, 0.3) is 0 Å². The first kappa shape index (κ1) is 21.5. The van der Waals surface area contributed by atoms with Gasteiger partial charge in [0.15, 0.2) is 12.4 Å². The fourth-order valence-electron chi connectivity index (χ4n) is 3.83. The highest BCUT2D eigenvalue weighted by Gasteiger charge is 2.31. The molecule has 2 atom stereocenters. The van der Waals surface area contributed by atoms with Gasteiger partial charge in [0.05, 0.1) is 26.3 Å². The summed E-state index contributed by atoms with van der Waals surface area (Å²) in [6.07, 6.45) is 0.162. The number of para-hydroxylation sites is 1. The van der Waals surface area contributed by atoms with Crippen molar-refractivity contribution >= 4 is 6.09 Å². The van der Waals surface area contributed by atoms with Crippen molar-refractivity contribution in [3.05, 3.63) is 60.2 Å². The molecule has 2 heterocycles. The molecule has 2 aliphatic heterocycles. The molecule has 166 valence electrons. The summed E-state index contributed by atoms with van der Waals surface area (Å²) in [7, 11) is 0. The Bertz CT molecular complexity index is 822. The van der Waals surface area contributed by atoms with Gasteiger partial charge in [-0.2, -0.15) is 0 Å². The van der Waals surface area contributed by atoms with Crippen molar-refractivity contribution in [2.24, 2.45) is 0 Å². The first-order valence-corrected chi connectivity index (χ1v) is 10.8. The van der Waals surface area contributed by atoms with E-state index in [-0.39, 0.29) is 24.4 Å². The van der Waals surface area contributed by atoms with E-state index in [0.29, 0.717) is 39.5 Å². The highest BCUT2D eigenvalue weighted by atomic mass is 16.7. The highest BCUT2D eigenvalue weighted by molar-refractivity contribution is 5.69. The van der Waals surface area contributed by atoms with Gasteiger partial charge in [0.2, 0.25) is 0 Å². The molecule has 0 N–H and O–H groups in total. The minimum Gasteiger partial charge on any atom is -0.492 e. The van der Waals surface area contributed by atoms with Crippen molar-refractivity contribution in [2.45, 2.75) is 31.7 Å². The number of amides is 1. The van der Waals surface area contributed by atoms with Crippen molar-refractivity contribution in [3.8, 4) is 11.5 Å². The third-order valence-electron chi connectivity index (χ3n) is 5.48. The van der Waals surface area contributed by atoms with Gasteiger partial charge in [0.25, 0.3) is 0 Å². The quantitative estimate of drug-likeness (QED) is 0.574. The Hall–Kier alpha value is -2.77. The summed E-state index contributed by atoms with van der Waals surface area (Å²) < 4.78 is 28.2. The number of hydrogen-bond acceptors (Lipinski definition) is 6. The van der Waals surface area contributed by atoms with Crippen LogP contribution in [0, 0.1) is 0 Å². The SMILES string of the molecule is CCC(c1ccc(OCCN2CC(COc3ccccc3)OC2=O)cc1)C1OCCO1. The molecule has 2 fully saturated rings. The third kappa shape index (κ3) is 5.68. The summed E-state index contributed by atoms with van der Waals surface area (Å²) in [6.45, 7) is 5.13. The summed E-state index contributed by atoms with van der Waals surface area (Å²) in [6, 6.07) is 17.5. The van der Waals surface area contributed by atoms with E-state index in [0.717, 1.165) is 17.9 Å². The van der Waals surface area contributed by atoms with Crippen LogP contribution in [-0.2, 0) is 14.2 Å². The van der Waals surface area contributed by atoms with Gasteiger partial charge in [-0.1, -0.05) is 37.3 Å². The Morgan fingerprint density at radius 3 is 2.42 bits per heavy atom. The molecule has 0 bridgehead atoms. The second-order valence-corrected chi connectivity index (χ2v) is 7.62. The topological polar surface area (TPSA) is 66.5 Å². The summed E-state index contributed by atoms with van der Waals surface area (Å²) in [5.74, 6) is 1.74. The largest absolute Gasteiger partial charge is 0.492 e. The normalized spacial score (nSPS) is 20.0. The van der Waals surface area contributed by atoms with Crippen LogP contribution in [0.15, 0.2) is 54.6 Å². The Labute approximate surface area is 182 Å². The Kier molecular flexibility index (Phi) is 7.27. The van der Waals surface area contributed by atoms with Gasteiger partial charge in [0, 0.05) is 5.92 Å². The van der Waals surface area contributed by atoms with Gasteiger partial charge in [-0.05, 0) is 36.2 Å². The zero-order valence-electron chi connectivity index (χ0n) is 17.8. The van der Waals surface area contributed by atoms with Crippen LogP contribution in [0.2, 0.25) is 0 Å². The monoisotopic (exact) mass is 427 g/mol. The zero-order valence-corrected chi connectivity index (χ0v) is 17.8. The summed E-state index contributed by atoms with van der Waals surface area (Å²) in [5, 5.41) is 0. The molecule has 0 spiro atoms. The molecule has 7 heteroatoms. The lowest BCUT2D eigenvalue weighted by Crippen LogP contribution is -2.30. The van der Waals surface area contributed by atoms with Crippen molar-refractivity contribution < 1.29 is 28.5 Å². The molecule has 31 heavy (non-hydrogen) atoms. The minimum absolute atomic E-state index is 0.170. The van der Waals surface area contributed by atoms with E-state index in [4.69, 9.17) is 23.7 Å². The van der Waals surface area contributed by atoms with Gasteiger partial charge < -0.3 is 28.6 Å². The molecule has 2 saturated heterocycles. The molecule has 1 amide bonds. The molecule has 2 aromatic rings. The molecule has 0 saturated carbocycles. The van der Waals surface area contributed by atoms with E-state index >= 15 is 0 Å². The van der Waals surface area contributed by atoms with E-state index < -0.39 is 0 Å². The summed E-state index contributed by atoms with van der Waals surface area (Å²) >= 11 is 0. The van der Waals surface area contributed by atoms with Crippen molar-refractivity contribution in [1.82, 2.24) is 4.90 Å². The molecule has 0 aromatic heterocycles. The van der Waals surface area contributed by atoms with Gasteiger partial charge in [-0.3, -0.25) is 0 Å². The lowest BCUT2D eigenvalue weighted by Gasteiger charge is -2.21. The minimum atomic E-state index is -0.331. The molecular weight excluding hydrogens is 398 g/mol. The number of cyclic esters (lactones) is 1. The van der Waals surface area contributed by atoms with E-state index in [9.17, 15) is 4.79 Å². The maximum absolute atomic E-state index is 12.1. The molecule has 2 unspecified atom stereocenters. The van der Waals surface area contributed by atoms with Gasteiger partial charge in [-0.15, -0.1) is 0 Å². The van der Waals surface area contributed by atoms with E-state index in [1.807, 2.05) is 42.5 Å². The smallest absolute Gasteiger partial charge is 0.410 e. The molecule has 2 aromatic carbocycles. The number of carbonyl (C=O) groups is 1. The van der Waals surface area contributed by atoms with Crippen LogP contribution in [0.5, 0.6) is 11.5 Å². The number of rotatable bonds is 10. The molecular formula is C24H29NO6. The van der Waals surface area contributed by atoms with Crippen LogP contribution in [0.3, 0.4) is 0 Å². The average molecular weight is 427 g/mol. The predicted octanol–water partition coefficient (Wildman–Crippen LogP) is 3.83. The molecule has 0 aliphatic carbocycles. The second kappa shape index (κ2) is 10.5. The van der Waals surface area contributed by atoms with Crippen LogP contribution in [0.4, 0.5) is 4.79 Å². The van der Waals surface area contributed by atoms with E-state index in [2.05, 4.69) is 19.1 Å². The second-order valence-electron chi connectivity index (χ2n) is 7.62. The molecule has 2 aliphatic rings. The van der Waals surface area contributed by atoms with Crippen molar-refractivity contribution in [1.29, 1.82) is 0 Å². The number of carbonyl (C=O) groups excluding carboxylic acids is 1. The number of nitrogens with zero attached hydrogens (tertiary/aromatic N) is 1. The Morgan fingerprint density at radius 2 is 1.71 bits per heavy atom. The maximum atomic E-state index is 12.1. The Balaban J connectivity index is 1.20. The lowest BCUT2D eigenvalue weighted by molar-refractivity contribution is -0.0617. The van der Waals surface area contributed by atoms with E-state index in [1.54, 1.807) is 4.90 Å². The number of hydrogen-bond donors (Lipinski definition) is 0. The fraction of sp³-hybridized carbons (Fsp3) is 0.458. The summed E-state index contributed by atoms with van der Waals surface area (Å²) in [5.41, 5.74) is 1.17.